The first-order chi connectivity index (χ1) is 16.1. The lowest BCUT2D eigenvalue weighted by atomic mass is 9.70. The smallest absolute Gasteiger partial charge is 0.0216 e. The molecule has 0 aliphatic heterocycles. The third-order valence-electron chi connectivity index (χ3n) is 7.91. The minimum Gasteiger partial charge on any atom is -0.0654 e. The van der Waals surface area contributed by atoms with Crippen LogP contribution in [0.2, 0.25) is 0 Å². The summed E-state index contributed by atoms with van der Waals surface area (Å²) >= 11 is 7.73. The van der Waals surface area contributed by atoms with Crippen LogP contribution in [0, 0.1) is 0 Å². The maximum atomic E-state index is 3.87. The minimum atomic E-state index is 0.156. The van der Waals surface area contributed by atoms with E-state index >= 15 is 0 Å². The van der Waals surface area contributed by atoms with Crippen LogP contribution < -0.4 is 0 Å². The number of unbranched alkanes of at least 4 members (excludes halogenated alkanes) is 10. The van der Waals surface area contributed by atoms with E-state index in [1.54, 1.807) is 11.1 Å². The molecule has 0 radical (unpaired) electrons. The molecule has 0 saturated carbocycles. The summed E-state index contributed by atoms with van der Waals surface area (Å²) in [5, 5.41) is 5.83. The van der Waals surface area contributed by atoms with Crippen molar-refractivity contribution in [2.45, 2.75) is 109 Å². The maximum absolute atomic E-state index is 3.87. The lowest BCUT2D eigenvalue weighted by molar-refractivity contribution is 0.398. The van der Waals surface area contributed by atoms with Crippen molar-refractivity contribution in [3.05, 3.63) is 56.5 Å². The average Bonchev–Trinajstić information content (AvgIpc) is 3.06. The molecule has 3 aromatic carbocycles. The van der Waals surface area contributed by atoms with E-state index in [0.29, 0.717) is 0 Å². The highest BCUT2D eigenvalue weighted by molar-refractivity contribution is 9.10. The molecule has 3 aromatic rings. The van der Waals surface area contributed by atoms with Gasteiger partial charge in [-0.1, -0.05) is 135 Å². The molecule has 0 heterocycles. The zero-order valence-electron chi connectivity index (χ0n) is 20.6. The van der Waals surface area contributed by atoms with Gasteiger partial charge in [0, 0.05) is 14.4 Å². The fourth-order valence-corrected chi connectivity index (χ4v) is 7.19. The summed E-state index contributed by atoms with van der Waals surface area (Å²) in [6, 6.07) is 14.2. The molecule has 1 aliphatic rings. The molecule has 0 spiro atoms. The third kappa shape index (κ3) is 5.37. The molecule has 0 N–H and O–H groups in total. The van der Waals surface area contributed by atoms with Gasteiger partial charge in [-0.25, -0.2) is 0 Å². The summed E-state index contributed by atoms with van der Waals surface area (Å²) in [5.41, 5.74) is 3.34. The van der Waals surface area contributed by atoms with Gasteiger partial charge < -0.3 is 0 Å². The third-order valence-corrected chi connectivity index (χ3v) is 8.82. The molecule has 0 fully saturated rings. The van der Waals surface area contributed by atoms with Crippen LogP contribution in [0.5, 0.6) is 0 Å². The highest BCUT2D eigenvalue weighted by Gasteiger charge is 2.41. The van der Waals surface area contributed by atoms with Gasteiger partial charge in [0.15, 0.2) is 0 Å². The zero-order chi connectivity index (χ0) is 23.3. The van der Waals surface area contributed by atoms with Crippen LogP contribution in [0.15, 0.2) is 45.3 Å². The van der Waals surface area contributed by atoms with Crippen molar-refractivity contribution >= 4 is 53.4 Å². The lowest BCUT2D eigenvalue weighted by Gasteiger charge is -2.33. The minimum absolute atomic E-state index is 0.156. The van der Waals surface area contributed by atoms with Crippen molar-refractivity contribution in [2.24, 2.45) is 0 Å². The Morgan fingerprint density at radius 2 is 0.939 bits per heavy atom. The van der Waals surface area contributed by atoms with E-state index in [9.17, 15) is 0 Å². The van der Waals surface area contributed by atoms with Gasteiger partial charge in [-0.15, -0.1) is 0 Å². The summed E-state index contributed by atoms with van der Waals surface area (Å²) in [7, 11) is 0. The van der Waals surface area contributed by atoms with E-state index in [4.69, 9.17) is 0 Å². The van der Waals surface area contributed by atoms with E-state index in [1.807, 2.05) is 0 Å². The molecule has 0 nitrogen and oxygen atoms in total. The second-order valence-corrected chi connectivity index (χ2v) is 12.1. The van der Waals surface area contributed by atoms with E-state index in [0.717, 1.165) is 0 Å². The van der Waals surface area contributed by atoms with Crippen molar-refractivity contribution in [1.29, 1.82) is 0 Å². The Kier molecular flexibility index (Phi) is 8.96. The Bertz CT molecular complexity index is 995. The monoisotopic (exact) mass is 570 g/mol. The summed E-state index contributed by atoms with van der Waals surface area (Å²) in [5.74, 6) is 0. The summed E-state index contributed by atoms with van der Waals surface area (Å²) in [4.78, 5) is 0. The van der Waals surface area contributed by atoms with E-state index in [2.05, 4.69) is 82.1 Å². The van der Waals surface area contributed by atoms with Gasteiger partial charge in [0.2, 0.25) is 0 Å². The summed E-state index contributed by atoms with van der Waals surface area (Å²) in [6.45, 7) is 4.62. The second-order valence-electron chi connectivity index (χ2n) is 10.3. The Balaban J connectivity index is 1.69. The van der Waals surface area contributed by atoms with Crippen LogP contribution in [0.25, 0.3) is 21.5 Å². The average molecular weight is 572 g/mol. The SMILES string of the molecule is CCCCCCCCC1(CCCCCCCC)c2cc(Br)cc3ccc4cc(Br)cc1c4c23. The molecule has 0 unspecified atom stereocenters. The van der Waals surface area contributed by atoms with Crippen molar-refractivity contribution in [1.82, 2.24) is 0 Å². The number of hydrogen-bond acceptors (Lipinski definition) is 0. The standard InChI is InChI=1S/C31H40Br2/c1-3-5-7-9-11-13-17-31(18-14-12-10-8-6-4-2)27-21-25(32)19-23-15-16-24-20-26(33)22-28(31)30(24)29(23)27/h15-16,19-22H,3-14,17-18H2,1-2H3. The quantitative estimate of drug-likeness (QED) is 0.133. The molecule has 33 heavy (non-hydrogen) atoms. The lowest BCUT2D eigenvalue weighted by Crippen LogP contribution is -2.26. The number of hydrogen-bond donors (Lipinski definition) is 0. The molecular weight excluding hydrogens is 532 g/mol. The van der Waals surface area contributed by atoms with Crippen molar-refractivity contribution < 1.29 is 0 Å². The van der Waals surface area contributed by atoms with Gasteiger partial charge in [-0.3, -0.25) is 0 Å². The molecule has 0 bridgehead atoms. The highest BCUT2D eigenvalue weighted by Crippen LogP contribution is 2.55. The molecule has 0 atom stereocenters. The van der Waals surface area contributed by atoms with Crippen LogP contribution >= 0.6 is 31.9 Å². The van der Waals surface area contributed by atoms with E-state index < -0.39 is 0 Å². The Hall–Kier alpha value is -0.860. The number of halogens is 2. The van der Waals surface area contributed by atoms with Crippen LogP contribution in [0.1, 0.15) is 115 Å². The topological polar surface area (TPSA) is 0 Å². The first-order valence-corrected chi connectivity index (χ1v) is 15.1. The zero-order valence-corrected chi connectivity index (χ0v) is 23.8. The van der Waals surface area contributed by atoms with Gasteiger partial charge in [0.1, 0.15) is 0 Å². The summed E-state index contributed by atoms with van der Waals surface area (Å²) in [6.07, 6.45) is 18.9. The van der Waals surface area contributed by atoms with E-state index in [-0.39, 0.29) is 5.41 Å². The Morgan fingerprint density at radius 3 is 1.36 bits per heavy atom. The first kappa shape index (κ1) is 25.2. The van der Waals surface area contributed by atoms with Crippen LogP contribution in [0.4, 0.5) is 0 Å². The summed E-state index contributed by atoms with van der Waals surface area (Å²) < 4.78 is 2.46. The molecule has 1 aliphatic carbocycles. The van der Waals surface area contributed by atoms with Gasteiger partial charge in [0.05, 0.1) is 0 Å². The molecular formula is C31H40Br2. The largest absolute Gasteiger partial charge is 0.0654 e. The normalized spacial score (nSPS) is 14.2. The molecule has 0 amide bonds. The van der Waals surface area contributed by atoms with Crippen molar-refractivity contribution in [3.63, 3.8) is 0 Å². The fourth-order valence-electron chi connectivity index (χ4n) is 6.23. The highest BCUT2D eigenvalue weighted by atomic mass is 79.9. The predicted molar refractivity (Wildman–Crippen MR) is 154 cm³/mol. The van der Waals surface area contributed by atoms with Crippen LogP contribution in [-0.2, 0) is 5.41 Å². The second kappa shape index (κ2) is 11.7. The molecule has 2 heteroatoms. The Labute approximate surface area is 218 Å². The molecule has 0 saturated heterocycles. The van der Waals surface area contributed by atoms with Gasteiger partial charge in [0.25, 0.3) is 0 Å². The van der Waals surface area contributed by atoms with Gasteiger partial charge in [-0.05, 0) is 69.8 Å². The Morgan fingerprint density at radius 1 is 0.545 bits per heavy atom. The molecule has 0 aromatic heterocycles. The van der Waals surface area contributed by atoms with E-state index in [1.165, 1.54) is 120 Å². The maximum Gasteiger partial charge on any atom is 0.0216 e. The predicted octanol–water partition coefficient (Wildman–Crippen LogP) is 11.6. The molecule has 178 valence electrons. The van der Waals surface area contributed by atoms with Crippen LogP contribution in [0.3, 0.4) is 0 Å². The fraction of sp³-hybridized carbons (Fsp3) is 0.548. The molecule has 4 rings (SSSR count). The number of rotatable bonds is 14. The van der Waals surface area contributed by atoms with Crippen molar-refractivity contribution in [3.8, 4) is 0 Å². The first-order valence-electron chi connectivity index (χ1n) is 13.5. The van der Waals surface area contributed by atoms with Gasteiger partial charge in [-0.2, -0.15) is 0 Å². The van der Waals surface area contributed by atoms with Gasteiger partial charge >= 0.3 is 0 Å². The van der Waals surface area contributed by atoms with Crippen LogP contribution in [-0.4, -0.2) is 0 Å². The number of benzene rings is 3. The van der Waals surface area contributed by atoms with Crippen molar-refractivity contribution in [2.75, 3.05) is 0 Å².